The van der Waals surface area contributed by atoms with E-state index in [4.69, 9.17) is 30.5 Å². The van der Waals surface area contributed by atoms with Gasteiger partial charge in [0.25, 0.3) is 0 Å². The Kier molecular flexibility index (Phi) is 6.00. The Balaban J connectivity index is 1.59. The molecule has 1 saturated heterocycles. The molecule has 0 N–H and O–H groups in total. The molecule has 1 fully saturated rings. The van der Waals surface area contributed by atoms with Crippen molar-refractivity contribution in [2.24, 2.45) is 0 Å². The second kappa shape index (κ2) is 8.46. The third-order valence-corrected chi connectivity index (χ3v) is 8.12. The summed E-state index contributed by atoms with van der Waals surface area (Å²) in [5.74, 6) is 1.43. The summed E-state index contributed by atoms with van der Waals surface area (Å²) in [6.07, 6.45) is 0.872. The fourth-order valence-corrected chi connectivity index (χ4v) is 6.11. The molecule has 2 aliphatic heterocycles. The molecule has 2 heterocycles. The first-order valence-corrected chi connectivity index (χ1v) is 11.9. The lowest BCUT2D eigenvalue weighted by atomic mass is 9.82. The standard InChI is InChI=1S/C22H24ClNO7S/c1-28-15-11-18(30-3)21-16(25)13-22(31-19(21)12-15)6-8-24(9-7-22)32(26,27)20-10-14(23)4-5-17(20)29-2/h4-5,10-12H,6-9,13H2,1-3H3. The number of hydrogen-bond acceptors (Lipinski definition) is 7. The van der Waals surface area contributed by atoms with Gasteiger partial charge in [0.05, 0.1) is 27.8 Å². The number of benzene rings is 2. The minimum absolute atomic E-state index is 0.0175. The summed E-state index contributed by atoms with van der Waals surface area (Å²) in [5.41, 5.74) is -0.399. The lowest BCUT2D eigenvalue weighted by molar-refractivity contribution is 0.00537. The number of sulfonamides is 1. The van der Waals surface area contributed by atoms with Crippen LogP contribution in [0.1, 0.15) is 29.6 Å². The maximum atomic E-state index is 13.3. The molecule has 0 bridgehead atoms. The summed E-state index contributed by atoms with van der Waals surface area (Å²) >= 11 is 6.03. The number of carbonyl (C=O) groups is 1. The highest BCUT2D eigenvalue weighted by Gasteiger charge is 2.46. The molecule has 4 rings (SSSR count). The second-order valence-corrected chi connectivity index (χ2v) is 10.1. The summed E-state index contributed by atoms with van der Waals surface area (Å²) in [5, 5.41) is 0.304. The predicted octanol–water partition coefficient (Wildman–Crippen LogP) is 3.55. The highest BCUT2D eigenvalue weighted by Crippen LogP contribution is 2.45. The topological polar surface area (TPSA) is 91.4 Å². The van der Waals surface area contributed by atoms with Gasteiger partial charge >= 0.3 is 0 Å². The Morgan fingerprint density at radius 1 is 1.00 bits per heavy atom. The molecule has 0 atom stereocenters. The van der Waals surface area contributed by atoms with Crippen LogP contribution >= 0.6 is 11.6 Å². The number of ketones is 1. The highest BCUT2D eigenvalue weighted by molar-refractivity contribution is 7.89. The van der Waals surface area contributed by atoms with Gasteiger partial charge in [-0.05, 0) is 18.2 Å². The Labute approximate surface area is 192 Å². The number of fused-ring (bicyclic) bond motifs is 1. The van der Waals surface area contributed by atoms with Gasteiger partial charge < -0.3 is 18.9 Å². The average Bonchev–Trinajstić information content (AvgIpc) is 2.78. The second-order valence-electron chi connectivity index (χ2n) is 7.79. The van der Waals surface area contributed by atoms with E-state index in [0.717, 1.165) is 0 Å². The van der Waals surface area contributed by atoms with Crippen LogP contribution in [-0.4, -0.2) is 58.5 Å². The van der Waals surface area contributed by atoms with Crippen LogP contribution in [0.5, 0.6) is 23.0 Å². The molecule has 2 aromatic carbocycles. The van der Waals surface area contributed by atoms with E-state index in [1.54, 1.807) is 18.2 Å². The van der Waals surface area contributed by atoms with E-state index < -0.39 is 15.6 Å². The van der Waals surface area contributed by atoms with E-state index in [0.29, 0.717) is 40.7 Å². The largest absolute Gasteiger partial charge is 0.496 e. The molecule has 1 spiro atoms. The fraction of sp³-hybridized carbons (Fsp3) is 0.409. The lowest BCUT2D eigenvalue weighted by Gasteiger charge is -2.43. The molecule has 0 amide bonds. The van der Waals surface area contributed by atoms with Crippen LogP contribution in [0, 0.1) is 0 Å². The van der Waals surface area contributed by atoms with Gasteiger partial charge in [-0.1, -0.05) is 11.6 Å². The zero-order chi connectivity index (χ0) is 23.1. The van der Waals surface area contributed by atoms with Crippen LogP contribution in [0.3, 0.4) is 0 Å². The molecule has 172 valence electrons. The quantitative estimate of drug-likeness (QED) is 0.644. The first kappa shape index (κ1) is 22.7. The number of ether oxygens (including phenoxy) is 4. The molecule has 0 aromatic heterocycles. The number of rotatable bonds is 5. The third-order valence-electron chi connectivity index (χ3n) is 5.96. The molecule has 8 nitrogen and oxygen atoms in total. The van der Waals surface area contributed by atoms with Crippen molar-refractivity contribution in [2.75, 3.05) is 34.4 Å². The summed E-state index contributed by atoms with van der Waals surface area (Å²) in [7, 11) is 0.586. The number of Topliss-reactive ketones (excluding diaryl/α,β-unsaturated/α-hetero) is 1. The van der Waals surface area contributed by atoms with Crippen molar-refractivity contribution in [2.45, 2.75) is 29.8 Å². The molecule has 10 heteroatoms. The first-order chi connectivity index (χ1) is 15.2. The Morgan fingerprint density at radius 3 is 2.31 bits per heavy atom. The van der Waals surface area contributed by atoms with Crippen LogP contribution in [0.25, 0.3) is 0 Å². The first-order valence-electron chi connectivity index (χ1n) is 10.0. The molecule has 0 saturated carbocycles. The molecular weight excluding hydrogens is 458 g/mol. The van der Waals surface area contributed by atoms with Crippen molar-refractivity contribution >= 4 is 27.4 Å². The number of hydrogen-bond donors (Lipinski definition) is 0. The van der Waals surface area contributed by atoms with Crippen molar-refractivity contribution < 1.29 is 32.2 Å². The highest BCUT2D eigenvalue weighted by atomic mass is 35.5. The zero-order valence-electron chi connectivity index (χ0n) is 18.0. The lowest BCUT2D eigenvalue weighted by Crippen LogP contribution is -2.52. The van der Waals surface area contributed by atoms with Crippen LogP contribution in [0.15, 0.2) is 35.2 Å². The minimum Gasteiger partial charge on any atom is -0.496 e. The molecule has 2 aliphatic rings. The van der Waals surface area contributed by atoms with Gasteiger partial charge in [0, 0.05) is 43.1 Å². The molecule has 0 aliphatic carbocycles. The Morgan fingerprint density at radius 2 is 1.69 bits per heavy atom. The smallest absolute Gasteiger partial charge is 0.246 e. The summed E-state index contributed by atoms with van der Waals surface area (Å²) in [6.45, 7) is 0.392. The average molecular weight is 482 g/mol. The Hall–Kier alpha value is -2.49. The van der Waals surface area contributed by atoms with E-state index in [2.05, 4.69) is 0 Å². The van der Waals surface area contributed by atoms with Gasteiger partial charge in [-0.2, -0.15) is 4.31 Å². The molecule has 32 heavy (non-hydrogen) atoms. The van der Waals surface area contributed by atoms with Gasteiger partial charge in [-0.25, -0.2) is 8.42 Å². The van der Waals surface area contributed by atoms with Crippen LogP contribution in [0.2, 0.25) is 5.02 Å². The van der Waals surface area contributed by atoms with Crippen molar-refractivity contribution in [1.29, 1.82) is 0 Å². The number of nitrogens with zero attached hydrogens (tertiary/aromatic N) is 1. The maximum Gasteiger partial charge on any atom is 0.246 e. The van der Waals surface area contributed by atoms with Crippen molar-refractivity contribution in [1.82, 2.24) is 4.31 Å². The molecule has 0 unspecified atom stereocenters. The fourth-order valence-electron chi connectivity index (χ4n) is 4.25. The van der Waals surface area contributed by atoms with E-state index in [-0.39, 0.29) is 35.9 Å². The van der Waals surface area contributed by atoms with Gasteiger partial charge in [-0.3, -0.25) is 4.79 Å². The summed E-state index contributed by atoms with van der Waals surface area (Å²) in [4.78, 5) is 13.0. The third kappa shape index (κ3) is 3.89. The van der Waals surface area contributed by atoms with Crippen molar-refractivity contribution in [3.8, 4) is 23.0 Å². The molecular formula is C22H24ClNO7S. The normalized spacial score (nSPS) is 18.1. The van der Waals surface area contributed by atoms with Crippen molar-refractivity contribution in [3.05, 3.63) is 40.9 Å². The maximum absolute atomic E-state index is 13.3. The van der Waals surface area contributed by atoms with Crippen LogP contribution in [0.4, 0.5) is 0 Å². The van der Waals surface area contributed by atoms with E-state index in [1.807, 2.05) is 0 Å². The summed E-state index contributed by atoms with van der Waals surface area (Å²) < 4.78 is 50.1. The number of halogens is 1. The number of methoxy groups -OCH3 is 3. The van der Waals surface area contributed by atoms with Gasteiger partial charge in [0.15, 0.2) is 5.78 Å². The van der Waals surface area contributed by atoms with Gasteiger partial charge in [0.1, 0.15) is 39.1 Å². The summed E-state index contributed by atoms with van der Waals surface area (Å²) in [6, 6.07) is 7.80. The van der Waals surface area contributed by atoms with E-state index >= 15 is 0 Å². The number of carbonyl (C=O) groups excluding carboxylic acids is 1. The zero-order valence-corrected chi connectivity index (χ0v) is 19.6. The van der Waals surface area contributed by atoms with Gasteiger partial charge in [0.2, 0.25) is 10.0 Å². The predicted molar refractivity (Wildman–Crippen MR) is 118 cm³/mol. The minimum atomic E-state index is -3.83. The van der Waals surface area contributed by atoms with Crippen molar-refractivity contribution in [3.63, 3.8) is 0 Å². The molecule has 0 radical (unpaired) electrons. The number of piperidine rings is 1. The van der Waals surface area contributed by atoms with E-state index in [9.17, 15) is 13.2 Å². The van der Waals surface area contributed by atoms with Crippen LogP contribution in [-0.2, 0) is 10.0 Å². The van der Waals surface area contributed by atoms with Gasteiger partial charge in [-0.15, -0.1) is 0 Å². The van der Waals surface area contributed by atoms with E-state index in [1.165, 1.54) is 37.8 Å². The Bertz CT molecular complexity index is 1160. The molecule has 2 aromatic rings. The van der Waals surface area contributed by atoms with Crippen LogP contribution < -0.4 is 18.9 Å². The SMILES string of the molecule is COc1cc(OC)c2c(c1)OC1(CCN(S(=O)(=O)c3cc(Cl)ccc3OC)CC1)CC2=O. The monoisotopic (exact) mass is 481 g/mol.